The maximum atomic E-state index is 13.5. The number of aromatic nitrogens is 1. The SMILES string of the molecule is N=C1OCCN1c1ccc(N(CS(=O)(=O)O)C(=O)c2ccncc2NC(=O)c2ccc(Cl)cc2)cc1. The number of carbonyl (C=O) groups excluding carboxylic acids is 2. The first-order chi connectivity index (χ1) is 17.1. The number of amides is 2. The van der Waals surface area contributed by atoms with E-state index in [-0.39, 0.29) is 28.5 Å². The summed E-state index contributed by atoms with van der Waals surface area (Å²) < 4.78 is 38.2. The molecule has 11 nitrogen and oxygen atoms in total. The Bertz CT molecular complexity index is 1410. The minimum absolute atomic E-state index is 0.0218. The van der Waals surface area contributed by atoms with Gasteiger partial charge in [-0.1, -0.05) is 11.6 Å². The first-order valence-electron chi connectivity index (χ1n) is 10.5. The molecule has 1 aliphatic rings. The number of hydrogen-bond donors (Lipinski definition) is 3. The van der Waals surface area contributed by atoms with Crippen LogP contribution < -0.4 is 15.1 Å². The molecule has 13 heteroatoms. The first kappa shape index (κ1) is 25.1. The highest BCUT2D eigenvalue weighted by molar-refractivity contribution is 7.85. The van der Waals surface area contributed by atoms with Crippen molar-refractivity contribution in [3.8, 4) is 0 Å². The second-order valence-corrected chi connectivity index (χ2v) is 9.51. The Morgan fingerprint density at radius 2 is 1.83 bits per heavy atom. The molecular weight excluding hydrogens is 510 g/mol. The van der Waals surface area contributed by atoms with Gasteiger partial charge in [0.15, 0.2) is 5.88 Å². The van der Waals surface area contributed by atoms with E-state index in [0.717, 1.165) is 4.90 Å². The Kier molecular flexibility index (Phi) is 7.20. The van der Waals surface area contributed by atoms with Gasteiger partial charge in [0.25, 0.3) is 28.0 Å². The predicted molar refractivity (Wildman–Crippen MR) is 134 cm³/mol. The molecule has 2 aromatic carbocycles. The van der Waals surface area contributed by atoms with Crippen molar-refractivity contribution in [2.45, 2.75) is 0 Å². The molecule has 3 N–H and O–H groups in total. The molecular formula is C23H20ClN5O6S. The Labute approximate surface area is 211 Å². The molecule has 2 heterocycles. The average Bonchev–Trinajstić information content (AvgIpc) is 3.28. The van der Waals surface area contributed by atoms with E-state index >= 15 is 0 Å². The molecule has 36 heavy (non-hydrogen) atoms. The minimum atomic E-state index is -4.62. The van der Waals surface area contributed by atoms with Crippen molar-refractivity contribution in [1.29, 1.82) is 5.41 Å². The molecule has 0 bridgehead atoms. The van der Waals surface area contributed by atoms with Gasteiger partial charge in [-0.3, -0.25) is 34.3 Å². The van der Waals surface area contributed by atoms with Gasteiger partial charge in [0.2, 0.25) is 0 Å². The number of nitrogens with one attached hydrogen (secondary N) is 2. The van der Waals surface area contributed by atoms with Crippen molar-refractivity contribution < 1.29 is 27.3 Å². The molecule has 1 fully saturated rings. The lowest BCUT2D eigenvalue weighted by molar-refractivity contribution is 0.0991. The first-order valence-corrected chi connectivity index (χ1v) is 12.5. The molecule has 0 saturated carbocycles. The molecule has 1 aromatic heterocycles. The topological polar surface area (TPSA) is 153 Å². The van der Waals surface area contributed by atoms with Gasteiger partial charge in [0.05, 0.1) is 24.0 Å². The van der Waals surface area contributed by atoms with E-state index in [4.69, 9.17) is 21.7 Å². The van der Waals surface area contributed by atoms with E-state index in [0.29, 0.717) is 23.9 Å². The van der Waals surface area contributed by atoms with Crippen LogP contribution in [0.25, 0.3) is 0 Å². The third-order valence-corrected chi connectivity index (χ3v) is 6.05. The zero-order chi connectivity index (χ0) is 25.9. The predicted octanol–water partition coefficient (Wildman–Crippen LogP) is 3.25. The van der Waals surface area contributed by atoms with Crippen LogP contribution in [-0.2, 0) is 14.9 Å². The van der Waals surface area contributed by atoms with E-state index in [1.165, 1.54) is 42.7 Å². The number of anilines is 3. The zero-order valence-corrected chi connectivity index (χ0v) is 20.2. The summed E-state index contributed by atoms with van der Waals surface area (Å²) in [5.74, 6) is -2.36. The quantitative estimate of drug-likeness (QED) is 0.394. The summed E-state index contributed by atoms with van der Waals surface area (Å²) in [6.45, 7) is 0.833. The lowest BCUT2D eigenvalue weighted by Crippen LogP contribution is -2.36. The maximum Gasteiger partial charge on any atom is 0.289 e. The third-order valence-electron chi connectivity index (χ3n) is 5.22. The highest BCUT2D eigenvalue weighted by Gasteiger charge is 2.27. The summed E-state index contributed by atoms with van der Waals surface area (Å²) in [6, 6.07) is 13.6. The van der Waals surface area contributed by atoms with Crippen LogP contribution in [-0.4, -0.2) is 54.8 Å². The summed E-state index contributed by atoms with van der Waals surface area (Å²) >= 11 is 5.86. The number of hydrogen-bond acceptors (Lipinski definition) is 7. The molecule has 0 spiro atoms. The van der Waals surface area contributed by atoms with Crippen molar-refractivity contribution in [3.05, 3.63) is 83.1 Å². The molecule has 0 atom stereocenters. The second kappa shape index (κ2) is 10.3. The van der Waals surface area contributed by atoms with Crippen LogP contribution in [0.1, 0.15) is 20.7 Å². The average molecular weight is 530 g/mol. The van der Waals surface area contributed by atoms with Gasteiger partial charge < -0.3 is 10.1 Å². The van der Waals surface area contributed by atoms with Gasteiger partial charge in [-0.25, -0.2) is 0 Å². The van der Waals surface area contributed by atoms with Crippen LogP contribution in [0.15, 0.2) is 67.0 Å². The lowest BCUT2D eigenvalue weighted by atomic mass is 10.1. The van der Waals surface area contributed by atoms with Gasteiger partial charge in [0.1, 0.15) is 6.61 Å². The van der Waals surface area contributed by atoms with Crippen LogP contribution >= 0.6 is 11.6 Å². The zero-order valence-electron chi connectivity index (χ0n) is 18.6. The number of ether oxygens (including phenoxy) is 1. The smallest absolute Gasteiger partial charge is 0.289 e. The summed E-state index contributed by atoms with van der Waals surface area (Å²) in [4.78, 5) is 32.6. The maximum absolute atomic E-state index is 13.5. The summed E-state index contributed by atoms with van der Waals surface area (Å²) in [6.07, 6.45) is 2.58. The van der Waals surface area contributed by atoms with Crippen LogP contribution in [0.3, 0.4) is 0 Å². The molecule has 0 radical (unpaired) electrons. The number of nitrogens with zero attached hydrogens (tertiary/aromatic N) is 3. The summed E-state index contributed by atoms with van der Waals surface area (Å²) in [5.41, 5.74) is 1.06. The Morgan fingerprint density at radius 3 is 2.44 bits per heavy atom. The van der Waals surface area contributed by atoms with Crippen molar-refractivity contribution in [2.75, 3.05) is 34.1 Å². The molecule has 1 aliphatic heterocycles. The lowest BCUT2D eigenvalue weighted by Gasteiger charge is -2.23. The fourth-order valence-corrected chi connectivity index (χ4v) is 4.23. The monoisotopic (exact) mass is 529 g/mol. The van der Waals surface area contributed by atoms with Gasteiger partial charge in [-0.15, -0.1) is 0 Å². The Balaban J connectivity index is 1.64. The van der Waals surface area contributed by atoms with E-state index in [9.17, 15) is 22.6 Å². The standard InChI is InChI=1S/C23H20ClN5O6S/c24-16-3-1-15(2-4-16)21(30)27-20-13-26-10-9-19(20)22(31)29(14-36(32,33)34)18-7-5-17(6-8-18)28-11-12-35-23(28)25/h1-10,13,25H,11-12,14H2,(H,27,30)(H,32,33,34). The van der Waals surface area contributed by atoms with Gasteiger partial charge in [-0.2, -0.15) is 8.42 Å². The van der Waals surface area contributed by atoms with Crippen molar-refractivity contribution in [2.24, 2.45) is 0 Å². The van der Waals surface area contributed by atoms with Gasteiger partial charge in [-0.05, 0) is 54.6 Å². The number of halogens is 1. The Hall–Kier alpha value is -4.00. The fraction of sp³-hybridized carbons (Fsp3) is 0.130. The number of rotatable bonds is 7. The summed E-state index contributed by atoms with van der Waals surface area (Å²) in [7, 11) is -4.62. The fourth-order valence-electron chi connectivity index (χ4n) is 3.51. The third kappa shape index (κ3) is 5.79. The molecule has 186 valence electrons. The van der Waals surface area contributed by atoms with E-state index in [1.807, 2.05) is 0 Å². The minimum Gasteiger partial charge on any atom is -0.463 e. The van der Waals surface area contributed by atoms with Gasteiger partial charge in [0, 0.05) is 28.2 Å². The number of pyridine rings is 1. The van der Waals surface area contributed by atoms with E-state index in [2.05, 4.69) is 10.3 Å². The Morgan fingerprint density at radius 1 is 1.14 bits per heavy atom. The molecule has 2 amide bonds. The van der Waals surface area contributed by atoms with Crippen LogP contribution in [0.5, 0.6) is 0 Å². The molecule has 1 saturated heterocycles. The molecule has 4 rings (SSSR count). The van der Waals surface area contributed by atoms with E-state index < -0.39 is 27.8 Å². The molecule has 0 aliphatic carbocycles. The van der Waals surface area contributed by atoms with Gasteiger partial charge >= 0.3 is 0 Å². The largest absolute Gasteiger partial charge is 0.463 e. The number of carbonyl (C=O) groups is 2. The van der Waals surface area contributed by atoms with Crippen molar-refractivity contribution in [3.63, 3.8) is 0 Å². The number of amidine groups is 1. The highest BCUT2D eigenvalue weighted by Crippen LogP contribution is 2.26. The van der Waals surface area contributed by atoms with Crippen LogP contribution in [0, 0.1) is 5.41 Å². The van der Waals surface area contributed by atoms with Crippen molar-refractivity contribution in [1.82, 2.24) is 4.98 Å². The van der Waals surface area contributed by atoms with Crippen LogP contribution in [0.2, 0.25) is 5.02 Å². The normalized spacial score (nSPS) is 13.3. The molecule has 0 unspecified atom stereocenters. The van der Waals surface area contributed by atoms with E-state index in [1.54, 1.807) is 29.2 Å². The molecule has 3 aromatic rings. The summed E-state index contributed by atoms with van der Waals surface area (Å²) in [5, 5.41) is 10.9. The highest BCUT2D eigenvalue weighted by atomic mass is 35.5. The van der Waals surface area contributed by atoms with Crippen LogP contribution in [0.4, 0.5) is 17.1 Å². The second-order valence-electron chi connectivity index (χ2n) is 7.65. The van der Waals surface area contributed by atoms with Crippen molar-refractivity contribution >= 4 is 56.6 Å². The number of benzene rings is 2.